The van der Waals surface area contributed by atoms with Crippen molar-refractivity contribution < 1.29 is 4.74 Å². The number of hydrogen-bond donors (Lipinski definition) is 1. The van der Waals surface area contributed by atoms with Crippen LogP contribution in [0.3, 0.4) is 0 Å². The Bertz CT molecular complexity index is 141. The summed E-state index contributed by atoms with van der Waals surface area (Å²) < 4.78 is 5.27. The monoisotopic (exact) mass is 170 g/mol. The number of epoxide rings is 1. The maximum Gasteiger partial charge on any atom is 0.0847 e. The minimum absolute atomic E-state index is 0.569. The smallest absolute Gasteiger partial charge is 0.0847 e. The molecule has 0 bridgehead atoms. The summed E-state index contributed by atoms with van der Waals surface area (Å²) in [6.07, 6.45) is 0.569. The molecule has 2 atom stereocenters. The van der Waals surface area contributed by atoms with Gasteiger partial charge in [0.15, 0.2) is 0 Å². The molecule has 2 aliphatic heterocycles. The van der Waals surface area contributed by atoms with E-state index in [2.05, 4.69) is 17.1 Å². The summed E-state index contributed by atoms with van der Waals surface area (Å²) in [5.74, 6) is 0.725. The second-order valence-corrected chi connectivity index (χ2v) is 3.90. The van der Waals surface area contributed by atoms with Gasteiger partial charge in [-0.2, -0.15) is 0 Å². The molecule has 1 N–H and O–H groups in total. The Morgan fingerprint density at radius 2 is 2.17 bits per heavy atom. The minimum atomic E-state index is 0.569. The van der Waals surface area contributed by atoms with Gasteiger partial charge < -0.3 is 15.0 Å². The van der Waals surface area contributed by atoms with Crippen molar-refractivity contribution in [3.63, 3.8) is 0 Å². The zero-order chi connectivity index (χ0) is 8.39. The maximum atomic E-state index is 5.27. The molecule has 0 aromatic rings. The minimum Gasteiger partial charge on any atom is -0.373 e. The Morgan fingerprint density at radius 1 is 1.50 bits per heavy atom. The molecule has 0 spiro atoms. The highest BCUT2D eigenvalue weighted by molar-refractivity contribution is 4.80. The zero-order valence-corrected chi connectivity index (χ0v) is 7.75. The van der Waals surface area contributed by atoms with E-state index >= 15 is 0 Å². The molecule has 12 heavy (non-hydrogen) atoms. The van der Waals surface area contributed by atoms with Crippen molar-refractivity contribution in [2.75, 3.05) is 39.3 Å². The summed E-state index contributed by atoms with van der Waals surface area (Å²) in [5.41, 5.74) is 0. The second kappa shape index (κ2) is 3.73. The summed E-state index contributed by atoms with van der Waals surface area (Å²) in [4.78, 5) is 2.53. The summed E-state index contributed by atoms with van der Waals surface area (Å²) in [6.45, 7) is 9.21. The molecule has 2 heterocycles. The molecular formula is C9H18N2O. The van der Waals surface area contributed by atoms with E-state index in [1.54, 1.807) is 0 Å². The molecule has 3 nitrogen and oxygen atoms in total. The molecule has 2 unspecified atom stereocenters. The van der Waals surface area contributed by atoms with Gasteiger partial charge >= 0.3 is 0 Å². The average molecular weight is 170 g/mol. The van der Waals surface area contributed by atoms with Crippen molar-refractivity contribution in [1.82, 2.24) is 10.2 Å². The summed E-state index contributed by atoms with van der Waals surface area (Å²) in [7, 11) is 0. The molecule has 3 heteroatoms. The highest BCUT2D eigenvalue weighted by Gasteiger charge is 2.30. The second-order valence-electron chi connectivity index (χ2n) is 3.90. The first-order valence-corrected chi connectivity index (χ1v) is 4.91. The summed E-state index contributed by atoms with van der Waals surface area (Å²) in [6, 6.07) is 0. The van der Waals surface area contributed by atoms with E-state index in [9.17, 15) is 0 Å². The van der Waals surface area contributed by atoms with Crippen LogP contribution in [0.1, 0.15) is 6.92 Å². The van der Waals surface area contributed by atoms with Crippen molar-refractivity contribution in [2.24, 2.45) is 5.92 Å². The lowest BCUT2D eigenvalue weighted by atomic mass is 10.1. The molecule has 70 valence electrons. The lowest BCUT2D eigenvalue weighted by molar-refractivity contribution is 0.192. The first-order valence-electron chi connectivity index (χ1n) is 4.91. The van der Waals surface area contributed by atoms with Crippen LogP contribution in [0, 0.1) is 5.92 Å². The van der Waals surface area contributed by atoms with E-state index in [-0.39, 0.29) is 0 Å². The molecule has 2 aliphatic rings. The fourth-order valence-corrected chi connectivity index (χ4v) is 1.80. The van der Waals surface area contributed by atoms with Crippen LogP contribution >= 0.6 is 0 Å². The van der Waals surface area contributed by atoms with Gasteiger partial charge in [-0.05, 0) is 5.92 Å². The molecule has 2 fully saturated rings. The van der Waals surface area contributed by atoms with Crippen LogP contribution in [0.15, 0.2) is 0 Å². The molecule has 0 amide bonds. The number of rotatable bonds is 3. The third kappa shape index (κ3) is 2.19. The van der Waals surface area contributed by atoms with Crippen molar-refractivity contribution in [3.8, 4) is 0 Å². The summed E-state index contributed by atoms with van der Waals surface area (Å²) >= 11 is 0. The van der Waals surface area contributed by atoms with E-state index in [1.807, 2.05) is 0 Å². The predicted octanol–water partition coefficient (Wildman–Crippen LogP) is -0.0735. The molecule has 0 aromatic carbocycles. The standard InChI is InChI=1S/C9H18N2O/c1-8(9-7-12-9)6-11-4-2-10-3-5-11/h8-10H,2-7H2,1H3. The maximum absolute atomic E-state index is 5.27. The topological polar surface area (TPSA) is 27.8 Å². The van der Waals surface area contributed by atoms with Gasteiger partial charge in [0.25, 0.3) is 0 Å². The third-order valence-corrected chi connectivity index (χ3v) is 2.75. The van der Waals surface area contributed by atoms with Crippen LogP contribution in [0.5, 0.6) is 0 Å². The highest BCUT2D eigenvalue weighted by Crippen LogP contribution is 2.20. The lowest BCUT2D eigenvalue weighted by Gasteiger charge is -2.29. The van der Waals surface area contributed by atoms with E-state index < -0.39 is 0 Å². The van der Waals surface area contributed by atoms with E-state index in [0.29, 0.717) is 6.10 Å². The Kier molecular flexibility index (Phi) is 2.63. The van der Waals surface area contributed by atoms with Crippen LogP contribution < -0.4 is 5.32 Å². The lowest BCUT2D eigenvalue weighted by Crippen LogP contribution is -2.45. The van der Waals surface area contributed by atoms with Gasteiger partial charge in [0.1, 0.15) is 0 Å². The van der Waals surface area contributed by atoms with Crippen LogP contribution in [0.2, 0.25) is 0 Å². The number of ether oxygens (including phenoxy) is 1. The fourth-order valence-electron chi connectivity index (χ4n) is 1.80. The van der Waals surface area contributed by atoms with Gasteiger partial charge in [0, 0.05) is 32.7 Å². The number of nitrogens with one attached hydrogen (secondary N) is 1. The number of piperazine rings is 1. The molecule has 2 rings (SSSR count). The van der Waals surface area contributed by atoms with Gasteiger partial charge in [0.05, 0.1) is 12.7 Å². The molecule has 0 saturated carbocycles. The van der Waals surface area contributed by atoms with Crippen molar-refractivity contribution in [3.05, 3.63) is 0 Å². The van der Waals surface area contributed by atoms with E-state index in [1.165, 1.54) is 19.6 Å². The Balaban J connectivity index is 1.69. The van der Waals surface area contributed by atoms with Crippen molar-refractivity contribution >= 4 is 0 Å². The van der Waals surface area contributed by atoms with Gasteiger partial charge in [0.2, 0.25) is 0 Å². The summed E-state index contributed by atoms with van der Waals surface area (Å²) in [5, 5.41) is 3.36. The molecule has 0 aliphatic carbocycles. The number of hydrogen-bond acceptors (Lipinski definition) is 3. The zero-order valence-electron chi connectivity index (χ0n) is 7.75. The molecule has 2 saturated heterocycles. The highest BCUT2D eigenvalue weighted by atomic mass is 16.6. The molecular weight excluding hydrogens is 152 g/mol. The average Bonchev–Trinajstić information content (AvgIpc) is 2.88. The van der Waals surface area contributed by atoms with Gasteiger partial charge in [-0.25, -0.2) is 0 Å². The fraction of sp³-hybridized carbons (Fsp3) is 1.00. The number of nitrogens with zero attached hydrogens (tertiary/aromatic N) is 1. The van der Waals surface area contributed by atoms with Crippen molar-refractivity contribution in [2.45, 2.75) is 13.0 Å². The molecule has 0 aromatic heterocycles. The Morgan fingerprint density at radius 3 is 2.75 bits per heavy atom. The molecule has 0 radical (unpaired) electrons. The van der Waals surface area contributed by atoms with E-state index in [0.717, 1.165) is 25.6 Å². The SMILES string of the molecule is CC(CN1CCNCC1)C1CO1. The first-order chi connectivity index (χ1) is 5.86. The van der Waals surface area contributed by atoms with Crippen LogP contribution in [0.25, 0.3) is 0 Å². The quantitative estimate of drug-likeness (QED) is 0.601. The third-order valence-electron chi connectivity index (χ3n) is 2.75. The largest absolute Gasteiger partial charge is 0.373 e. The van der Waals surface area contributed by atoms with Crippen molar-refractivity contribution in [1.29, 1.82) is 0 Å². The Labute approximate surface area is 74.1 Å². The van der Waals surface area contributed by atoms with Gasteiger partial charge in [-0.3, -0.25) is 0 Å². The van der Waals surface area contributed by atoms with Crippen LogP contribution in [0.4, 0.5) is 0 Å². The Hall–Kier alpha value is -0.120. The normalized spacial score (nSPS) is 33.2. The van der Waals surface area contributed by atoms with Gasteiger partial charge in [-0.1, -0.05) is 6.92 Å². The van der Waals surface area contributed by atoms with Gasteiger partial charge in [-0.15, -0.1) is 0 Å². The first kappa shape index (κ1) is 8.48. The predicted molar refractivity (Wildman–Crippen MR) is 48.2 cm³/mol. The van der Waals surface area contributed by atoms with Crippen LogP contribution in [-0.4, -0.2) is 50.3 Å². The van der Waals surface area contributed by atoms with Crippen LogP contribution in [-0.2, 0) is 4.74 Å². The van der Waals surface area contributed by atoms with E-state index in [4.69, 9.17) is 4.74 Å².